The quantitative estimate of drug-likeness (QED) is 0.379. The van der Waals surface area contributed by atoms with Crippen LogP contribution in [0.4, 0.5) is 5.69 Å². The van der Waals surface area contributed by atoms with E-state index in [4.69, 9.17) is 21.1 Å². The fraction of sp³-hybridized carbons (Fsp3) is 0.120. The van der Waals surface area contributed by atoms with E-state index in [-0.39, 0.29) is 6.61 Å². The van der Waals surface area contributed by atoms with Gasteiger partial charge in [0.15, 0.2) is 6.61 Å². The van der Waals surface area contributed by atoms with Gasteiger partial charge < -0.3 is 14.8 Å². The Kier molecular flexibility index (Phi) is 7.85. The van der Waals surface area contributed by atoms with E-state index in [0.29, 0.717) is 23.1 Å². The molecule has 0 spiro atoms. The minimum atomic E-state index is -0.598. The molecule has 0 atom stereocenters. The number of aryl methyl sites for hydroxylation is 1. The van der Waals surface area contributed by atoms with Crippen LogP contribution >= 0.6 is 11.6 Å². The first-order valence-corrected chi connectivity index (χ1v) is 10.1. The number of anilines is 1. The molecule has 3 rings (SSSR count). The number of hydrogen-bond acceptors (Lipinski definition) is 4. The third-order valence-electron chi connectivity index (χ3n) is 4.41. The first-order chi connectivity index (χ1) is 15.0. The lowest BCUT2D eigenvalue weighted by atomic mass is 10.2. The molecule has 0 fully saturated rings. The number of carbonyl (C=O) groups is 2. The van der Waals surface area contributed by atoms with Crippen LogP contribution in [0, 0.1) is 6.92 Å². The van der Waals surface area contributed by atoms with Crippen LogP contribution in [-0.4, -0.2) is 18.5 Å². The Bertz CT molecular complexity index is 1080. The predicted octanol–water partition coefficient (Wildman–Crippen LogP) is 5.42. The molecule has 3 aromatic rings. The van der Waals surface area contributed by atoms with Crippen molar-refractivity contribution in [1.82, 2.24) is 0 Å². The minimum absolute atomic E-state index is 0.355. The zero-order valence-corrected chi connectivity index (χ0v) is 17.8. The number of amides is 1. The lowest BCUT2D eigenvalue weighted by molar-refractivity contribution is -0.142. The zero-order chi connectivity index (χ0) is 22.1. The molecule has 31 heavy (non-hydrogen) atoms. The summed E-state index contributed by atoms with van der Waals surface area (Å²) in [5.41, 5.74) is 3.33. The Labute approximate surface area is 186 Å². The Morgan fingerprint density at radius 2 is 1.68 bits per heavy atom. The summed E-state index contributed by atoms with van der Waals surface area (Å²) in [6, 6.07) is 22.1. The number of carbonyl (C=O) groups excluding carboxylic acids is 2. The van der Waals surface area contributed by atoms with Crippen molar-refractivity contribution in [3.05, 3.63) is 101 Å². The number of nitrogens with one attached hydrogen (secondary N) is 1. The van der Waals surface area contributed by atoms with Crippen molar-refractivity contribution in [2.75, 3.05) is 11.9 Å². The maximum atomic E-state index is 11.9. The van der Waals surface area contributed by atoms with E-state index in [1.165, 1.54) is 6.08 Å². The molecule has 0 aromatic heterocycles. The van der Waals surface area contributed by atoms with Crippen LogP contribution in [0.3, 0.4) is 0 Å². The predicted molar refractivity (Wildman–Crippen MR) is 122 cm³/mol. The molecule has 0 saturated heterocycles. The third kappa shape index (κ3) is 7.01. The Hall–Kier alpha value is -3.57. The average Bonchev–Trinajstić information content (AvgIpc) is 2.78. The van der Waals surface area contributed by atoms with Crippen LogP contribution in [0.25, 0.3) is 6.08 Å². The third-order valence-corrected chi connectivity index (χ3v) is 4.78. The molecule has 0 aliphatic heterocycles. The van der Waals surface area contributed by atoms with Crippen molar-refractivity contribution in [2.24, 2.45) is 0 Å². The highest BCUT2D eigenvalue weighted by Crippen LogP contribution is 2.19. The van der Waals surface area contributed by atoms with Gasteiger partial charge in [0.25, 0.3) is 5.91 Å². The molecule has 6 heteroatoms. The number of para-hydroxylation sites is 1. The molecule has 0 unspecified atom stereocenters. The van der Waals surface area contributed by atoms with Gasteiger partial charge in [0, 0.05) is 22.3 Å². The highest BCUT2D eigenvalue weighted by molar-refractivity contribution is 6.31. The average molecular weight is 436 g/mol. The van der Waals surface area contributed by atoms with E-state index in [2.05, 4.69) is 5.32 Å². The van der Waals surface area contributed by atoms with E-state index in [1.807, 2.05) is 61.5 Å². The smallest absolute Gasteiger partial charge is 0.331 e. The maximum Gasteiger partial charge on any atom is 0.331 e. The van der Waals surface area contributed by atoms with Gasteiger partial charge in [-0.25, -0.2) is 4.79 Å². The summed E-state index contributed by atoms with van der Waals surface area (Å²) in [5, 5.41) is 3.37. The molecule has 0 heterocycles. The van der Waals surface area contributed by atoms with Crippen molar-refractivity contribution >= 4 is 35.2 Å². The van der Waals surface area contributed by atoms with Gasteiger partial charge in [-0.1, -0.05) is 60.1 Å². The highest BCUT2D eigenvalue weighted by atomic mass is 35.5. The zero-order valence-electron chi connectivity index (χ0n) is 17.0. The Balaban J connectivity index is 1.44. The largest absolute Gasteiger partial charge is 0.489 e. The molecule has 1 N–H and O–H groups in total. The van der Waals surface area contributed by atoms with E-state index in [1.54, 1.807) is 24.3 Å². The minimum Gasteiger partial charge on any atom is -0.489 e. The van der Waals surface area contributed by atoms with Crippen LogP contribution in [0.5, 0.6) is 5.75 Å². The normalized spacial score (nSPS) is 10.6. The highest BCUT2D eigenvalue weighted by Gasteiger charge is 2.07. The molecule has 0 aliphatic carbocycles. The topological polar surface area (TPSA) is 64.6 Å². The van der Waals surface area contributed by atoms with E-state index >= 15 is 0 Å². The summed E-state index contributed by atoms with van der Waals surface area (Å²) in [5.74, 6) is -0.303. The second-order valence-corrected chi connectivity index (χ2v) is 7.16. The van der Waals surface area contributed by atoms with E-state index in [9.17, 15) is 9.59 Å². The molecule has 0 bridgehead atoms. The van der Waals surface area contributed by atoms with Crippen molar-refractivity contribution in [3.63, 3.8) is 0 Å². The van der Waals surface area contributed by atoms with Gasteiger partial charge in [0.1, 0.15) is 12.4 Å². The van der Waals surface area contributed by atoms with E-state index < -0.39 is 11.9 Å². The number of benzene rings is 3. The van der Waals surface area contributed by atoms with Gasteiger partial charge in [0.05, 0.1) is 0 Å². The van der Waals surface area contributed by atoms with Crippen LogP contribution in [0.15, 0.2) is 78.9 Å². The molecular weight excluding hydrogens is 414 g/mol. The molecule has 1 amide bonds. The van der Waals surface area contributed by atoms with Gasteiger partial charge in [0.2, 0.25) is 0 Å². The molecule has 0 aliphatic rings. The fourth-order valence-electron chi connectivity index (χ4n) is 2.70. The van der Waals surface area contributed by atoms with Crippen molar-refractivity contribution in [1.29, 1.82) is 0 Å². The second kappa shape index (κ2) is 11.0. The lowest BCUT2D eigenvalue weighted by Gasteiger charge is -2.08. The van der Waals surface area contributed by atoms with Crippen LogP contribution in [-0.2, 0) is 20.9 Å². The monoisotopic (exact) mass is 435 g/mol. The lowest BCUT2D eigenvalue weighted by Crippen LogP contribution is -2.20. The molecule has 5 nitrogen and oxygen atoms in total. The van der Waals surface area contributed by atoms with Gasteiger partial charge in [-0.15, -0.1) is 0 Å². The summed E-state index contributed by atoms with van der Waals surface area (Å²) in [7, 11) is 0. The Morgan fingerprint density at radius 3 is 2.42 bits per heavy atom. The van der Waals surface area contributed by atoms with Gasteiger partial charge >= 0.3 is 5.97 Å². The summed E-state index contributed by atoms with van der Waals surface area (Å²) < 4.78 is 10.7. The van der Waals surface area contributed by atoms with Crippen molar-refractivity contribution < 1.29 is 19.1 Å². The van der Waals surface area contributed by atoms with E-state index in [0.717, 1.165) is 16.7 Å². The number of hydrogen-bond donors (Lipinski definition) is 1. The number of halogens is 1. The maximum absolute atomic E-state index is 11.9. The molecule has 0 saturated carbocycles. The second-order valence-electron chi connectivity index (χ2n) is 6.75. The number of rotatable bonds is 8. The van der Waals surface area contributed by atoms with Crippen LogP contribution < -0.4 is 10.1 Å². The van der Waals surface area contributed by atoms with Crippen LogP contribution in [0.1, 0.15) is 16.7 Å². The van der Waals surface area contributed by atoms with Crippen molar-refractivity contribution in [2.45, 2.75) is 13.5 Å². The molecule has 3 aromatic carbocycles. The molecule has 0 radical (unpaired) electrons. The summed E-state index contributed by atoms with van der Waals surface area (Å²) in [6.07, 6.45) is 2.89. The summed E-state index contributed by atoms with van der Waals surface area (Å²) in [4.78, 5) is 23.8. The fourth-order valence-corrected chi connectivity index (χ4v) is 2.89. The van der Waals surface area contributed by atoms with Crippen molar-refractivity contribution in [3.8, 4) is 5.75 Å². The molecule has 158 valence electrons. The standard InChI is InChI=1S/C25H22ClNO4/c1-18-6-2-5-9-23(18)27-24(28)17-31-25(29)15-12-19-10-13-21(14-11-19)30-16-20-7-3-4-8-22(20)26/h2-15H,16-17H2,1H3,(H,27,28)/b15-12+. The molecular formula is C25H22ClNO4. The summed E-state index contributed by atoms with van der Waals surface area (Å²) in [6.45, 7) is 1.90. The Morgan fingerprint density at radius 1 is 0.968 bits per heavy atom. The first kappa shape index (κ1) is 22.1. The number of esters is 1. The van der Waals surface area contributed by atoms with Gasteiger partial charge in [-0.2, -0.15) is 0 Å². The number of ether oxygens (including phenoxy) is 2. The first-order valence-electron chi connectivity index (χ1n) is 9.68. The van der Waals surface area contributed by atoms with Crippen LogP contribution in [0.2, 0.25) is 5.02 Å². The van der Waals surface area contributed by atoms with Gasteiger partial charge in [-0.05, 0) is 48.4 Å². The SMILES string of the molecule is Cc1ccccc1NC(=O)COC(=O)/C=C/c1ccc(OCc2ccccc2Cl)cc1. The van der Waals surface area contributed by atoms with Gasteiger partial charge in [-0.3, -0.25) is 4.79 Å². The summed E-state index contributed by atoms with van der Waals surface area (Å²) >= 11 is 6.12.